The first-order valence-corrected chi connectivity index (χ1v) is 11.5. The summed E-state index contributed by atoms with van der Waals surface area (Å²) in [6, 6.07) is 26.9. The summed E-state index contributed by atoms with van der Waals surface area (Å²) in [6.07, 6.45) is 0. The molecule has 0 atom stereocenters. The molecule has 5 heteroatoms. The number of aromatic nitrogens is 2. The molecule has 0 aliphatic rings. The van der Waals surface area contributed by atoms with Gasteiger partial charge in [-0.3, -0.25) is 9.59 Å². The number of carbonyl (C=O) groups is 1. The lowest BCUT2D eigenvalue weighted by Gasteiger charge is -2.23. The largest absolute Gasteiger partial charge is 0.322 e. The second-order valence-corrected chi connectivity index (χ2v) is 9.20. The van der Waals surface area contributed by atoms with Crippen molar-refractivity contribution in [3.05, 3.63) is 106 Å². The van der Waals surface area contributed by atoms with Crippen molar-refractivity contribution in [3.63, 3.8) is 0 Å². The summed E-state index contributed by atoms with van der Waals surface area (Å²) in [5, 5.41) is 7.70. The summed E-state index contributed by atoms with van der Waals surface area (Å²) in [5.74, 6) is -0.442. The molecule has 0 saturated heterocycles. The molecule has 4 rings (SSSR count). The van der Waals surface area contributed by atoms with E-state index < -0.39 is 11.5 Å². The average Bonchev–Trinajstić information content (AvgIpc) is 2.84. The van der Waals surface area contributed by atoms with E-state index in [0.29, 0.717) is 23.5 Å². The van der Waals surface area contributed by atoms with E-state index in [9.17, 15) is 9.59 Å². The molecule has 1 aromatic heterocycles. The fourth-order valence-electron chi connectivity index (χ4n) is 4.11. The summed E-state index contributed by atoms with van der Waals surface area (Å²) >= 11 is 0. The van der Waals surface area contributed by atoms with Crippen molar-refractivity contribution in [1.82, 2.24) is 9.78 Å². The van der Waals surface area contributed by atoms with Gasteiger partial charge in [-0.2, -0.15) is 5.10 Å². The van der Waals surface area contributed by atoms with Gasteiger partial charge < -0.3 is 5.32 Å². The van der Waals surface area contributed by atoms with Gasteiger partial charge in [0.2, 0.25) is 0 Å². The number of carbonyl (C=O) groups excluding carboxylic acids is 1. The maximum Gasteiger partial charge on any atom is 0.280 e. The van der Waals surface area contributed by atoms with Crippen LogP contribution in [0.15, 0.2) is 89.7 Å². The van der Waals surface area contributed by atoms with Crippen molar-refractivity contribution >= 4 is 11.6 Å². The Labute approximate surface area is 200 Å². The van der Waals surface area contributed by atoms with Crippen LogP contribution in [0.1, 0.15) is 43.6 Å². The molecule has 0 bridgehead atoms. The molecule has 1 N–H and O–H groups in total. The Morgan fingerprint density at radius 3 is 2.00 bits per heavy atom. The first-order valence-electron chi connectivity index (χ1n) is 11.5. The van der Waals surface area contributed by atoms with E-state index in [2.05, 4.69) is 31.2 Å². The lowest BCUT2D eigenvalue weighted by Crippen LogP contribution is -2.32. The molecule has 0 spiro atoms. The van der Waals surface area contributed by atoms with E-state index in [0.717, 1.165) is 16.7 Å². The molecule has 0 unspecified atom stereocenters. The van der Waals surface area contributed by atoms with Crippen LogP contribution >= 0.6 is 0 Å². The van der Waals surface area contributed by atoms with E-state index in [-0.39, 0.29) is 11.0 Å². The third-order valence-corrected chi connectivity index (χ3v) is 5.78. The Kier molecular flexibility index (Phi) is 6.46. The highest BCUT2D eigenvalue weighted by Crippen LogP contribution is 2.34. The molecular formula is C29H29N3O2. The number of hydrogen-bond acceptors (Lipinski definition) is 3. The molecule has 0 aliphatic carbocycles. The van der Waals surface area contributed by atoms with Crippen molar-refractivity contribution in [2.24, 2.45) is 0 Å². The fraction of sp³-hybridized carbons (Fsp3) is 0.207. The molecule has 0 saturated carbocycles. The fourth-order valence-corrected chi connectivity index (χ4v) is 4.11. The number of aryl methyl sites for hydroxylation is 1. The number of nitrogens with one attached hydrogen (secondary N) is 1. The molecule has 3 aromatic carbocycles. The SMILES string of the molecule is CCn1nc(-c2ccccc2)c(-c2ccccc2)c(C(=O)Nc2ccccc2C(C)(C)C)c1=O. The lowest BCUT2D eigenvalue weighted by molar-refractivity contribution is 0.102. The van der Waals surface area contributed by atoms with Gasteiger partial charge in [-0.15, -0.1) is 0 Å². The quantitative estimate of drug-likeness (QED) is 0.396. The zero-order valence-electron chi connectivity index (χ0n) is 20.0. The van der Waals surface area contributed by atoms with Gasteiger partial charge in [-0.25, -0.2) is 4.68 Å². The predicted octanol–water partition coefficient (Wildman–Crippen LogP) is 6.15. The van der Waals surface area contributed by atoms with Crippen molar-refractivity contribution in [2.45, 2.75) is 39.7 Å². The van der Waals surface area contributed by atoms with E-state index >= 15 is 0 Å². The number of hydrogen-bond donors (Lipinski definition) is 1. The number of para-hydroxylation sites is 1. The Morgan fingerprint density at radius 1 is 0.853 bits per heavy atom. The second kappa shape index (κ2) is 9.48. The van der Waals surface area contributed by atoms with Gasteiger partial charge in [-0.05, 0) is 29.5 Å². The Bertz CT molecular complexity index is 1370. The topological polar surface area (TPSA) is 64.0 Å². The number of benzene rings is 3. The van der Waals surface area contributed by atoms with Crippen LogP contribution in [0.2, 0.25) is 0 Å². The molecule has 5 nitrogen and oxygen atoms in total. The van der Waals surface area contributed by atoms with Crippen molar-refractivity contribution < 1.29 is 4.79 Å². The number of nitrogens with zero attached hydrogens (tertiary/aromatic N) is 2. The highest BCUT2D eigenvalue weighted by Gasteiger charge is 2.26. The number of rotatable bonds is 5. The van der Waals surface area contributed by atoms with Gasteiger partial charge >= 0.3 is 0 Å². The third kappa shape index (κ3) is 4.55. The average molecular weight is 452 g/mol. The summed E-state index contributed by atoms with van der Waals surface area (Å²) in [7, 11) is 0. The molecule has 0 aliphatic heterocycles. The zero-order valence-corrected chi connectivity index (χ0v) is 20.0. The van der Waals surface area contributed by atoms with Gasteiger partial charge in [0.1, 0.15) is 5.56 Å². The minimum atomic E-state index is -0.442. The van der Waals surface area contributed by atoms with Crippen LogP contribution in [-0.2, 0) is 12.0 Å². The minimum absolute atomic E-state index is 0.0885. The monoisotopic (exact) mass is 451 g/mol. The predicted molar refractivity (Wildman–Crippen MR) is 138 cm³/mol. The minimum Gasteiger partial charge on any atom is -0.322 e. The van der Waals surface area contributed by atoms with Gasteiger partial charge in [0.05, 0.1) is 5.69 Å². The standard InChI is InChI=1S/C29H29N3O2/c1-5-32-28(34)25(27(33)30-23-19-13-12-18-22(23)29(2,3)4)24(20-14-8-6-9-15-20)26(31-32)21-16-10-7-11-17-21/h6-19H,5H2,1-4H3,(H,30,33). The van der Waals surface area contributed by atoms with Crippen molar-refractivity contribution in [2.75, 3.05) is 5.32 Å². The van der Waals surface area contributed by atoms with Crippen LogP contribution in [0.5, 0.6) is 0 Å². The van der Waals surface area contributed by atoms with E-state index in [4.69, 9.17) is 0 Å². The van der Waals surface area contributed by atoms with Crippen LogP contribution < -0.4 is 10.9 Å². The Balaban J connectivity index is 1.97. The molecule has 4 aromatic rings. The molecule has 172 valence electrons. The van der Waals surface area contributed by atoms with Crippen LogP contribution in [0.25, 0.3) is 22.4 Å². The maximum absolute atomic E-state index is 13.8. The van der Waals surface area contributed by atoms with Gasteiger partial charge in [0.15, 0.2) is 0 Å². The van der Waals surface area contributed by atoms with E-state index in [1.807, 2.05) is 91.9 Å². The second-order valence-electron chi connectivity index (χ2n) is 9.20. The van der Waals surface area contributed by atoms with Gasteiger partial charge in [0, 0.05) is 23.4 Å². The molecule has 1 heterocycles. The molecule has 34 heavy (non-hydrogen) atoms. The summed E-state index contributed by atoms with van der Waals surface area (Å²) in [6.45, 7) is 8.49. The first-order chi connectivity index (χ1) is 16.3. The summed E-state index contributed by atoms with van der Waals surface area (Å²) in [4.78, 5) is 27.3. The van der Waals surface area contributed by atoms with Crippen molar-refractivity contribution in [3.8, 4) is 22.4 Å². The molecule has 0 fully saturated rings. The Morgan fingerprint density at radius 2 is 1.41 bits per heavy atom. The molecular weight excluding hydrogens is 422 g/mol. The lowest BCUT2D eigenvalue weighted by atomic mass is 9.85. The Hall–Kier alpha value is -3.99. The van der Waals surface area contributed by atoms with E-state index in [1.54, 1.807) is 0 Å². The summed E-state index contributed by atoms with van der Waals surface area (Å²) < 4.78 is 1.36. The summed E-state index contributed by atoms with van der Waals surface area (Å²) in [5.41, 5.74) is 3.93. The van der Waals surface area contributed by atoms with Gasteiger partial charge in [-0.1, -0.05) is 99.6 Å². The maximum atomic E-state index is 13.8. The van der Waals surface area contributed by atoms with Crippen LogP contribution in [0.3, 0.4) is 0 Å². The third-order valence-electron chi connectivity index (χ3n) is 5.78. The van der Waals surface area contributed by atoms with Gasteiger partial charge in [0.25, 0.3) is 11.5 Å². The first kappa shape index (κ1) is 23.2. The highest BCUT2D eigenvalue weighted by molar-refractivity contribution is 6.10. The number of anilines is 1. The highest BCUT2D eigenvalue weighted by atomic mass is 16.2. The number of amides is 1. The molecule has 1 amide bonds. The smallest absolute Gasteiger partial charge is 0.280 e. The zero-order chi connectivity index (χ0) is 24.3. The normalized spacial score (nSPS) is 11.3. The van der Waals surface area contributed by atoms with E-state index in [1.165, 1.54) is 4.68 Å². The van der Waals surface area contributed by atoms with Crippen LogP contribution in [0.4, 0.5) is 5.69 Å². The van der Waals surface area contributed by atoms with Crippen LogP contribution in [-0.4, -0.2) is 15.7 Å². The molecule has 0 radical (unpaired) electrons. The van der Waals surface area contributed by atoms with Crippen LogP contribution in [0, 0.1) is 0 Å². The van der Waals surface area contributed by atoms with Crippen molar-refractivity contribution in [1.29, 1.82) is 0 Å².